The number of rotatable bonds is 6. The summed E-state index contributed by atoms with van der Waals surface area (Å²) in [4.78, 5) is 0. The van der Waals surface area contributed by atoms with Gasteiger partial charge in [-0.05, 0) is 56.4 Å². The Labute approximate surface area is 134 Å². The highest BCUT2D eigenvalue weighted by atomic mass is 16.5. The van der Waals surface area contributed by atoms with E-state index in [1.165, 1.54) is 27.9 Å². The number of nitrogens with one attached hydrogen (secondary N) is 1. The van der Waals surface area contributed by atoms with Crippen molar-refractivity contribution in [2.45, 2.75) is 47.1 Å². The summed E-state index contributed by atoms with van der Waals surface area (Å²) in [6, 6.07) is 12.7. The fourth-order valence-electron chi connectivity index (χ4n) is 2.75. The van der Waals surface area contributed by atoms with Crippen LogP contribution < -0.4 is 10.1 Å². The highest BCUT2D eigenvalue weighted by Gasteiger charge is 2.10. The van der Waals surface area contributed by atoms with Gasteiger partial charge in [0, 0.05) is 5.69 Å². The third-order valence-corrected chi connectivity index (χ3v) is 4.03. The Morgan fingerprint density at radius 3 is 2.18 bits per heavy atom. The highest BCUT2D eigenvalue weighted by molar-refractivity contribution is 5.57. The summed E-state index contributed by atoms with van der Waals surface area (Å²) in [6.45, 7) is 11.4. The van der Waals surface area contributed by atoms with Crippen molar-refractivity contribution in [2.75, 3.05) is 11.9 Å². The van der Waals surface area contributed by atoms with Crippen LogP contribution in [0.5, 0.6) is 5.75 Å². The summed E-state index contributed by atoms with van der Waals surface area (Å²) >= 11 is 0. The Kier molecular flexibility index (Phi) is 5.48. The molecule has 0 aliphatic rings. The number of para-hydroxylation sites is 2. The molecule has 0 saturated carbocycles. The van der Waals surface area contributed by atoms with Gasteiger partial charge in [0.25, 0.3) is 0 Å². The Hall–Kier alpha value is -1.96. The number of hydrogen-bond donors (Lipinski definition) is 1. The smallest absolute Gasteiger partial charge is 0.125 e. The van der Waals surface area contributed by atoms with Crippen molar-refractivity contribution in [3.63, 3.8) is 0 Å². The fraction of sp³-hybridized carbons (Fsp3) is 0.400. The van der Waals surface area contributed by atoms with Gasteiger partial charge in [0.2, 0.25) is 0 Å². The predicted molar refractivity (Wildman–Crippen MR) is 95.1 cm³/mol. The predicted octanol–water partition coefficient (Wildman–Crippen LogP) is 5.05. The monoisotopic (exact) mass is 297 g/mol. The van der Waals surface area contributed by atoms with Crippen LogP contribution in [0.3, 0.4) is 0 Å². The second kappa shape index (κ2) is 7.35. The van der Waals surface area contributed by atoms with E-state index in [4.69, 9.17) is 4.74 Å². The molecule has 0 heterocycles. The lowest BCUT2D eigenvalue weighted by molar-refractivity contribution is 0.231. The largest absolute Gasteiger partial charge is 0.488 e. The van der Waals surface area contributed by atoms with E-state index in [0.717, 1.165) is 18.7 Å². The summed E-state index contributed by atoms with van der Waals surface area (Å²) in [6.07, 6.45) is 1.15. The topological polar surface area (TPSA) is 21.3 Å². The highest BCUT2D eigenvalue weighted by Crippen LogP contribution is 2.24. The Morgan fingerprint density at radius 2 is 1.55 bits per heavy atom. The van der Waals surface area contributed by atoms with Gasteiger partial charge in [-0.1, -0.05) is 43.3 Å². The van der Waals surface area contributed by atoms with Crippen molar-refractivity contribution >= 4 is 5.69 Å². The second-order valence-corrected chi connectivity index (χ2v) is 5.99. The second-order valence-electron chi connectivity index (χ2n) is 5.99. The number of ether oxygens (including phenoxy) is 1. The van der Waals surface area contributed by atoms with Crippen molar-refractivity contribution in [2.24, 2.45) is 0 Å². The number of aryl methyl sites for hydroxylation is 4. The van der Waals surface area contributed by atoms with Crippen LogP contribution in [0.25, 0.3) is 0 Å². The zero-order valence-corrected chi connectivity index (χ0v) is 14.4. The molecule has 2 aromatic carbocycles. The van der Waals surface area contributed by atoms with E-state index in [-0.39, 0.29) is 6.10 Å². The molecule has 0 saturated heterocycles. The lowest BCUT2D eigenvalue weighted by Crippen LogP contribution is -2.24. The average molecular weight is 297 g/mol. The molecule has 2 nitrogen and oxygen atoms in total. The molecule has 2 aromatic rings. The van der Waals surface area contributed by atoms with Gasteiger partial charge in [0.05, 0.1) is 6.54 Å². The van der Waals surface area contributed by atoms with Gasteiger partial charge < -0.3 is 10.1 Å². The maximum Gasteiger partial charge on any atom is 0.125 e. The molecule has 0 unspecified atom stereocenters. The van der Waals surface area contributed by atoms with Crippen molar-refractivity contribution in [3.05, 3.63) is 58.7 Å². The van der Waals surface area contributed by atoms with E-state index in [1.807, 2.05) is 0 Å². The molecular weight excluding hydrogens is 270 g/mol. The molecular formula is C20H27NO. The lowest BCUT2D eigenvalue weighted by Gasteiger charge is -2.21. The zero-order valence-electron chi connectivity index (χ0n) is 14.4. The molecule has 2 rings (SSSR count). The molecule has 2 heteroatoms. The molecule has 1 N–H and O–H groups in total. The fourth-order valence-corrected chi connectivity index (χ4v) is 2.75. The van der Waals surface area contributed by atoms with Crippen LogP contribution in [-0.2, 0) is 6.42 Å². The van der Waals surface area contributed by atoms with E-state index in [0.29, 0.717) is 0 Å². The Balaban J connectivity index is 2.03. The molecule has 1 atom stereocenters. The van der Waals surface area contributed by atoms with E-state index in [9.17, 15) is 0 Å². The summed E-state index contributed by atoms with van der Waals surface area (Å²) in [5, 5.41) is 3.57. The summed E-state index contributed by atoms with van der Waals surface area (Å²) in [7, 11) is 0. The van der Waals surface area contributed by atoms with Gasteiger partial charge in [-0.15, -0.1) is 0 Å². The van der Waals surface area contributed by atoms with Crippen molar-refractivity contribution < 1.29 is 4.74 Å². The third kappa shape index (κ3) is 3.82. The van der Waals surface area contributed by atoms with Crippen LogP contribution in [0, 0.1) is 20.8 Å². The summed E-state index contributed by atoms with van der Waals surface area (Å²) in [5.41, 5.74) is 6.29. The molecule has 0 spiro atoms. The lowest BCUT2D eigenvalue weighted by atomic mass is 10.1. The van der Waals surface area contributed by atoms with Gasteiger partial charge in [-0.2, -0.15) is 0 Å². The van der Waals surface area contributed by atoms with Crippen LogP contribution in [0.15, 0.2) is 36.4 Å². The molecule has 0 aliphatic heterocycles. The Bertz CT molecular complexity index is 613. The zero-order chi connectivity index (χ0) is 16.1. The molecule has 0 fully saturated rings. The van der Waals surface area contributed by atoms with E-state index >= 15 is 0 Å². The first-order valence-electron chi connectivity index (χ1n) is 8.08. The van der Waals surface area contributed by atoms with Gasteiger partial charge in [-0.3, -0.25) is 0 Å². The quantitative estimate of drug-likeness (QED) is 0.805. The van der Waals surface area contributed by atoms with Crippen LogP contribution in [0.1, 0.15) is 36.1 Å². The van der Waals surface area contributed by atoms with E-state index in [1.54, 1.807) is 0 Å². The first-order chi connectivity index (χ1) is 10.5. The minimum atomic E-state index is 0.115. The minimum Gasteiger partial charge on any atom is -0.488 e. The van der Waals surface area contributed by atoms with E-state index < -0.39 is 0 Å². The van der Waals surface area contributed by atoms with Crippen molar-refractivity contribution in [1.82, 2.24) is 0 Å². The van der Waals surface area contributed by atoms with Gasteiger partial charge in [0.1, 0.15) is 11.9 Å². The number of anilines is 1. The SMILES string of the molecule is CCc1cccc(C)c1NC[C@@H](C)Oc1c(C)cccc1C. The molecule has 118 valence electrons. The summed E-state index contributed by atoms with van der Waals surface area (Å²) in [5.74, 6) is 1.01. The maximum atomic E-state index is 6.15. The van der Waals surface area contributed by atoms with Crippen LogP contribution in [-0.4, -0.2) is 12.6 Å². The first kappa shape index (κ1) is 16.4. The number of benzene rings is 2. The molecule has 0 bridgehead atoms. The molecule has 0 aromatic heterocycles. The average Bonchev–Trinajstić information content (AvgIpc) is 2.49. The molecule has 0 aliphatic carbocycles. The van der Waals surface area contributed by atoms with Crippen LogP contribution in [0.2, 0.25) is 0 Å². The van der Waals surface area contributed by atoms with Gasteiger partial charge >= 0.3 is 0 Å². The normalized spacial score (nSPS) is 12.0. The van der Waals surface area contributed by atoms with Crippen molar-refractivity contribution in [3.8, 4) is 5.75 Å². The first-order valence-corrected chi connectivity index (χ1v) is 8.08. The minimum absolute atomic E-state index is 0.115. The van der Waals surface area contributed by atoms with Gasteiger partial charge in [-0.25, -0.2) is 0 Å². The summed E-state index contributed by atoms with van der Waals surface area (Å²) < 4.78 is 6.15. The molecule has 22 heavy (non-hydrogen) atoms. The molecule has 0 radical (unpaired) electrons. The van der Waals surface area contributed by atoms with Crippen LogP contribution in [0.4, 0.5) is 5.69 Å². The number of hydrogen-bond acceptors (Lipinski definition) is 2. The van der Waals surface area contributed by atoms with E-state index in [2.05, 4.69) is 76.3 Å². The maximum absolute atomic E-state index is 6.15. The molecule has 0 amide bonds. The van der Waals surface area contributed by atoms with Gasteiger partial charge in [0.15, 0.2) is 0 Å². The van der Waals surface area contributed by atoms with Crippen LogP contribution >= 0.6 is 0 Å². The standard InChI is InChI=1S/C20H27NO/c1-6-18-12-8-9-14(2)19(18)21-13-17(5)22-20-15(3)10-7-11-16(20)4/h7-12,17,21H,6,13H2,1-5H3/t17-/m1/s1. The third-order valence-electron chi connectivity index (χ3n) is 4.03. The Morgan fingerprint density at radius 1 is 0.955 bits per heavy atom. The van der Waals surface area contributed by atoms with Crippen molar-refractivity contribution in [1.29, 1.82) is 0 Å².